The summed E-state index contributed by atoms with van der Waals surface area (Å²) in [5, 5.41) is 5.73. The molecule has 2 aliphatic carbocycles. The Morgan fingerprint density at radius 1 is 1.03 bits per heavy atom. The molecule has 0 aliphatic heterocycles. The molecule has 2 saturated carbocycles. The lowest BCUT2D eigenvalue weighted by Gasteiger charge is -2.33. The maximum atomic E-state index is 13.4. The van der Waals surface area contributed by atoms with Gasteiger partial charge in [-0.3, -0.25) is 9.59 Å². The summed E-state index contributed by atoms with van der Waals surface area (Å²) in [5.74, 6) is -0.420. The van der Waals surface area contributed by atoms with Crippen molar-refractivity contribution in [3.63, 3.8) is 0 Å². The smallest absolute Gasteiger partial charge is 0.408 e. The predicted molar refractivity (Wildman–Crippen MR) is 118 cm³/mol. The number of benzene rings is 1. The van der Waals surface area contributed by atoms with Gasteiger partial charge in [-0.25, -0.2) is 4.79 Å². The van der Waals surface area contributed by atoms with Gasteiger partial charge in [0.15, 0.2) is 0 Å². The van der Waals surface area contributed by atoms with Crippen molar-refractivity contribution in [1.29, 1.82) is 0 Å². The summed E-state index contributed by atoms with van der Waals surface area (Å²) >= 11 is 0. The summed E-state index contributed by atoms with van der Waals surface area (Å²) < 4.78 is 5.24. The molecule has 170 valence electrons. The second kappa shape index (κ2) is 10.2. The van der Waals surface area contributed by atoms with Crippen LogP contribution < -0.4 is 10.6 Å². The van der Waals surface area contributed by atoms with Gasteiger partial charge in [-0.2, -0.15) is 0 Å². The summed E-state index contributed by atoms with van der Waals surface area (Å²) in [6.07, 6.45) is 6.47. The number of hydrogen-bond acceptors (Lipinski definition) is 4. The molecule has 2 N–H and O–H groups in total. The first kappa shape index (κ1) is 23.1. The number of hydrogen-bond donors (Lipinski definition) is 2. The van der Waals surface area contributed by atoms with Crippen LogP contribution in [0, 0.1) is 0 Å². The SMILES string of the molecule is CC(C)(C)OC(=O)NCC(=O)N(C1CC1)C(C(=O)NC1CCCCC1)c1ccccc1. The average Bonchev–Trinajstić information content (AvgIpc) is 3.55. The summed E-state index contributed by atoms with van der Waals surface area (Å²) in [7, 11) is 0. The van der Waals surface area contributed by atoms with Crippen LogP contribution in [-0.2, 0) is 14.3 Å². The van der Waals surface area contributed by atoms with E-state index in [4.69, 9.17) is 4.74 Å². The molecule has 31 heavy (non-hydrogen) atoms. The van der Waals surface area contributed by atoms with Crippen LogP contribution in [0.3, 0.4) is 0 Å². The van der Waals surface area contributed by atoms with Gasteiger partial charge in [0.1, 0.15) is 18.2 Å². The van der Waals surface area contributed by atoms with Crippen molar-refractivity contribution in [2.45, 2.75) is 89.4 Å². The molecule has 7 heteroatoms. The fourth-order valence-electron chi connectivity index (χ4n) is 4.07. The quantitative estimate of drug-likeness (QED) is 0.692. The van der Waals surface area contributed by atoms with Crippen molar-refractivity contribution in [3.05, 3.63) is 35.9 Å². The molecule has 7 nitrogen and oxygen atoms in total. The van der Waals surface area contributed by atoms with Gasteiger partial charge in [0.05, 0.1) is 0 Å². The van der Waals surface area contributed by atoms with Crippen molar-refractivity contribution < 1.29 is 19.1 Å². The minimum absolute atomic E-state index is 0.00949. The van der Waals surface area contributed by atoms with Crippen LogP contribution in [0.5, 0.6) is 0 Å². The molecule has 1 atom stereocenters. The van der Waals surface area contributed by atoms with E-state index in [2.05, 4.69) is 10.6 Å². The molecule has 0 spiro atoms. The van der Waals surface area contributed by atoms with E-state index in [1.807, 2.05) is 30.3 Å². The van der Waals surface area contributed by atoms with E-state index < -0.39 is 17.7 Å². The monoisotopic (exact) mass is 429 g/mol. The summed E-state index contributed by atoms with van der Waals surface area (Å²) in [5.41, 5.74) is 0.142. The number of rotatable bonds is 7. The van der Waals surface area contributed by atoms with Crippen LogP contribution in [0.2, 0.25) is 0 Å². The van der Waals surface area contributed by atoms with Gasteiger partial charge in [0, 0.05) is 12.1 Å². The zero-order chi connectivity index (χ0) is 22.4. The largest absolute Gasteiger partial charge is 0.444 e. The first-order valence-corrected chi connectivity index (χ1v) is 11.4. The van der Waals surface area contributed by atoms with E-state index in [9.17, 15) is 14.4 Å². The highest BCUT2D eigenvalue weighted by molar-refractivity contribution is 5.91. The molecule has 3 amide bonds. The van der Waals surface area contributed by atoms with Crippen molar-refractivity contribution in [3.8, 4) is 0 Å². The maximum absolute atomic E-state index is 13.4. The van der Waals surface area contributed by atoms with Crippen LogP contribution in [0.1, 0.15) is 77.3 Å². The van der Waals surface area contributed by atoms with E-state index in [0.717, 1.165) is 44.1 Å². The van der Waals surface area contributed by atoms with Crippen LogP contribution in [0.4, 0.5) is 4.79 Å². The molecule has 0 heterocycles. The number of carbonyl (C=O) groups excluding carboxylic acids is 3. The van der Waals surface area contributed by atoms with E-state index in [-0.39, 0.29) is 30.4 Å². The fraction of sp³-hybridized carbons (Fsp3) is 0.625. The number of nitrogens with one attached hydrogen (secondary N) is 2. The first-order valence-electron chi connectivity index (χ1n) is 11.4. The topological polar surface area (TPSA) is 87.7 Å². The molecule has 0 radical (unpaired) electrons. The second-order valence-corrected chi connectivity index (χ2v) is 9.54. The highest BCUT2D eigenvalue weighted by Crippen LogP contribution is 2.35. The molecule has 0 saturated heterocycles. The Balaban J connectivity index is 1.75. The van der Waals surface area contributed by atoms with E-state index in [0.29, 0.717) is 0 Å². The molecule has 2 aliphatic rings. The number of carbonyl (C=O) groups is 3. The Morgan fingerprint density at radius 2 is 1.68 bits per heavy atom. The van der Waals surface area contributed by atoms with E-state index in [1.165, 1.54) is 6.42 Å². The molecule has 0 bridgehead atoms. The molecule has 1 unspecified atom stereocenters. The predicted octanol–water partition coefficient (Wildman–Crippen LogP) is 3.69. The third-order valence-corrected chi connectivity index (χ3v) is 5.60. The Hall–Kier alpha value is -2.57. The lowest BCUT2D eigenvalue weighted by atomic mass is 9.94. The lowest BCUT2D eigenvalue weighted by molar-refractivity contribution is -0.141. The van der Waals surface area contributed by atoms with Crippen LogP contribution in [-0.4, -0.2) is 47.0 Å². The van der Waals surface area contributed by atoms with Crippen LogP contribution in [0.25, 0.3) is 0 Å². The summed E-state index contributed by atoms with van der Waals surface area (Å²) in [6.45, 7) is 5.11. The summed E-state index contributed by atoms with van der Waals surface area (Å²) in [6, 6.07) is 8.88. The third-order valence-electron chi connectivity index (χ3n) is 5.60. The van der Waals surface area contributed by atoms with Crippen molar-refractivity contribution in [2.24, 2.45) is 0 Å². The Bertz CT molecular complexity index is 765. The molecule has 0 aromatic heterocycles. The molecule has 1 aromatic carbocycles. The average molecular weight is 430 g/mol. The zero-order valence-corrected chi connectivity index (χ0v) is 18.9. The molecule has 2 fully saturated rings. The Kier molecular flexibility index (Phi) is 7.57. The van der Waals surface area contributed by atoms with Gasteiger partial charge < -0.3 is 20.3 Å². The maximum Gasteiger partial charge on any atom is 0.408 e. The standard InChI is InChI=1S/C24H35N3O4/c1-24(2,3)31-23(30)25-16-20(28)27(19-14-15-19)21(17-10-6-4-7-11-17)22(29)26-18-12-8-5-9-13-18/h4,6-7,10-11,18-19,21H,5,8-9,12-16H2,1-3H3,(H,25,30)(H,26,29). The van der Waals surface area contributed by atoms with E-state index >= 15 is 0 Å². The molecule has 1 aromatic rings. The normalized spacial score (nSPS) is 18.0. The van der Waals surface area contributed by atoms with Gasteiger partial charge in [0.25, 0.3) is 0 Å². The minimum atomic E-state index is -0.705. The van der Waals surface area contributed by atoms with Crippen molar-refractivity contribution in [1.82, 2.24) is 15.5 Å². The minimum Gasteiger partial charge on any atom is -0.444 e. The van der Waals surface area contributed by atoms with Crippen molar-refractivity contribution in [2.75, 3.05) is 6.54 Å². The highest BCUT2D eigenvalue weighted by atomic mass is 16.6. The zero-order valence-electron chi connectivity index (χ0n) is 18.9. The Labute approximate surface area is 184 Å². The highest BCUT2D eigenvalue weighted by Gasteiger charge is 2.41. The number of alkyl carbamates (subject to hydrolysis) is 1. The van der Waals surface area contributed by atoms with Crippen molar-refractivity contribution >= 4 is 17.9 Å². The van der Waals surface area contributed by atoms with Gasteiger partial charge >= 0.3 is 6.09 Å². The lowest BCUT2D eigenvalue weighted by Crippen LogP contribution is -2.50. The number of amides is 3. The molecular weight excluding hydrogens is 394 g/mol. The van der Waals surface area contributed by atoms with Crippen LogP contribution in [0.15, 0.2) is 30.3 Å². The van der Waals surface area contributed by atoms with E-state index in [1.54, 1.807) is 25.7 Å². The molecular formula is C24H35N3O4. The van der Waals surface area contributed by atoms with Gasteiger partial charge in [0.2, 0.25) is 11.8 Å². The van der Waals surface area contributed by atoms with Crippen LogP contribution >= 0.6 is 0 Å². The third kappa shape index (κ3) is 6.97. The molecule has 3 rings (SSSR count). The van der Waals surface area contributed by atoms with Gasteiger partial charge in [-0.15, -0.1) is 0 Å². The van der Waals surface area contributed by atoms with Gasteiger partial charge in [-0.05, 0) is 52.0 Å². The number of nitrogens with zero attached hydrogens (tertiary/aromatic N) is 1. The number of ether oxygens (including phenoxy) is 1. The second-order valence-electron chi connectivity index (χ2n) is 9.54. The summed E-state index contributed by atoms with van der Waals surface area (Å²) in [4.78, 5) is 40.3. The fourth-order valence-corrected chi connectivity index (χ4v) is 4.07. The first-order chi connectivity index (χ1) is 14.7. The van der Waals surface area contributed by atoms with Gasteiger partial charge in [-0.1, -0.05) is 49.6 Å². The Morgan fingerprint density at radius 3 is 2.26 bits per heavy atom.